The first-order valence-electron chi connectivity index (χ1n) is 17.0. The van der Waals surface area contributed by atoms with Crippen LogP contribution < -0.4 is 37.6 Å². The molecule has 6 amide bonds. The maximum atomic E-state index is 13.5. The van der Waals surface area contributed by atoms with Gasteiger partial charge in [0.1, 0.15) is 48.0 Å². The van der Waals surface area contributed by atoms with Gasteiger partial charge < -0.3 is 58.1 Å². The first-order chi connectivity index (χ1) is 25.5. The highest BCUT2D eigenvalue weighted by Gasteiger charge is 2.33. The Labute approximate surface area is 317 Å². The predicted octanol–water partition coefficient (Wildman–Crippen LogP) is -2.91. The number of carboxylic acid groups (broad SMARTS) is 1. The zero-order valence-electron chi connectivity index (χ0n) is 30.0. The van der Waals surface area contributed by atoms with Crippen LogP contribution in [0.4, 0.5) is 0 Å². The topological polar surface area (TPSA) is 299 Å². The van der Waals surface area contributed by atoms with Crippen LogP contribution in [0.1, 0.15) is 31.9 Å². The first-order valence-corrected chi connectivity index (χ1v) is 17.6. The third-order valence-electron chi connectivity index (χ3n) is 8.07. The Morgan fingerprint density at radius 3 is 1.65 bits per heavy atom. The number of phenols is 1. The molecular weight excluding hydrogens is 726 g/mol. The lowest BCUT2D eigenvalue weighted by Gasteiger charge is -2.26. The van der Waals surface area contributed by atoms with Gasteiger partial charge in [-0.1, -0.05) is 56.3 Å². The van der Waals surface area contributed by atoms with Gasteiger partial charge in [0.2, 0.25) is 35.4 Å². The van der Waals surface area contributed by atoms with Crippen molar-refractivity contribution in [3.05, 3.63) is 65.7 Å². The van der Waals surface area contributed by atoms with Crippen LogP contribution in [0, 0.1) is 5.92 Å². The van der Waals surface area contributed by atoms with Crippen LogP contribution in [0.2, 0.25) is 0 Å². The Kier molecular flexibility index (Phi) is 18.4. The summed E-state index contributed by atoms with van der Waals surface area (Å²) in [4.78, 5) is 90.1. The highest BCUT2D eigenvalue weighted by atomic mass is 32.1. The van der Waals surface area contributed by atoms with E-state index in [0.717, 1.165) is 0 Å². The van der Waals surface area contributed by atoms with E-state index in [1.165, 1.54) is 31.2 Å². The summed E-state index contributed by atoms with van der Waals surface area (Å²) >= 11 is 4.10. The molecule has 2 aromatic carbocycles. The second-order valence-corrected chi connectivity index (χ2v) is 13.1. The fraction of sp³-hybridized carbons (Fsp3) is 0.457. The standard InChI is InChI=1S/C35H49N7O11S/c1-18(2)28(42-30(47)23(36)15-43)34(51)41-27(17-54)33(50)37-19(3)29(46)40-26(16-44)32(49)38-24(13-21-9-11-22(45)12-10-21)31(48)39-25(35(52)53)14-20-7-5-4-6-8-20/h4-12,18-19,23-28,43-45,54H,13-17,36H2,1-3H3,(H,37,50)(H,38,49)(H,39,48)(H,40,46)(H,41,51)(H,42,47)(H,52,53)/t19-,23-,24-,25-,26-,27-,28-/m0/s1. The van der Waals surface area contributed by atoms with Crippen LogP contribution in [0.15, 0.2) is 54.6 Å². The van der Waals surface area contributed by atoms with Crippen LogP contribution in [-0.2, 0) is 46.4 Å². The van der Waals surface area contributed by atoms with Crippen molar-refractivity contribution in [2.75, 3.05) is 19.0 Å². The van der Waals surface area contributed by atoms with Gasteiger partial charge >= 0.3 is 5.97 Å². The number of hydrogen-bond acceptors (Lipinski definition) is 12. The quantitative estimate of drug-likeness (QED) is 0.0569. The van der Waals surface area contributed by atoms with Crippen molar-refractivity contribution in [3.63, 3.8) is 0 Å². The number of carboxylic acids is 1. The lowest BCUT2D eigenvalue weighted by atomic mass is 10.0. The molecule has 0 saturated carbocycles. The monoisotopic (exact) mass is 775 g/mol. The summed E-state index contributed by atoms with van der Waals surface area (Å²) in [6.45, 7) is 2.94. The summed E-state index contributed by atoms with van der Waals surface area (Å²) in [5, 5.41) is 53.0. The molecule has 12 N–H and O–H groups in total. The second-order valence-electron chi connectivity index (χ2n) is 12.8. The zero-order valence-corrected chi connectivity index (χ0v) is 30.9. The van der Waals surface area contributed by atoms with E-state index in [4.69, 9.17) is 10.8 Å². The zero-order chi connectivity index (χ0) is 40.5. The average Bonchev–Trinajstić information content (AvgIpc) is 3.14. The molecule has 0 bridgehead atoms. The summed E-state index contributed by atoms with van der Waals surface area (Å²) in [5.74, 6) is -7.26. The summed E-state index contributed by atoms with van der Waals surface area (Å²) in [7, 11) is 0. The smallest absolute Gasteiger partial charge is 0.326 e. The molecule has 0 heterocycles. The predicted molar refractivity (Wildman–Crippen MR) is 198 cm³/mol. The molecule has 19 heteroatoms. The van der Waals surface area contributed by atoms with Crippen LogP contribution in [-0.4, -0.2) is 123 Å². The Bertz CT molecular complexity index is 1600. The third-order valence-corrected chi connectivity index (χ3v) is 8.44. The molecule has 0 spiro atoms. The average molecular weight is 776 g/mol. The first kappa shape index (κ1) is 44.9. The van der Waals surface area contributed by atoms with Crippen molar-refractivity contribution >= 4 is 54.0 Å². The molecule has 0 aliphatic rings. The molecule has 296 valence electrons. The van der Waals surface area contributed by atoms with Gasteiger partial charge in [-0.25, -0.2) is 4.79 Å². The number of carbonyl (C=O) groups excluding carboxylic acids is 6. The van der Waals surface area contributed by atoms with Crippen LogP contribution in [0.5, 0.6) is 5.75 Å². The van der Waals surface area contributed by atoms with E-state index in [1.54, 1.807) is 44.2 Å². The van der Waals surface area contributed by atoms with Crippen molar-refractivity contribution in [3.8, 4) is 5.75 Å². The number of amides is 6. The molecule has 0 aromatic heterocycles. The van der Waals surface area contributed by atoms with Gasteiger partial charge in [-0.15, -0.1) is 0 Å². The van der Waals surface area contributed by atoms with Gasteiger partial charge in [0, 0.05) is 18.6 Å². The van der Waals surface area contributed by atoms with Crippen molar-refractivity contribution in [1.29, 1.82) is 0 Å². The highest BCUT2D eigenvalue weighted by molar-refractivity contribution is 7.80. The number of nitrogens with two attached hydrogens (primary N) is 1. The van der Waals surface area contributed by atoms with Crippen molar-refractivity contribution in [1.82, 2.24) is 31.9 Å². The number of aliphatic hydroxyl groups is 2. The molecular formula is C35H49N7O11S. The van der Waals surface area contributed by atoms with Crippen LogP contribution >= 0.6 is 12.6 Å². The molecule has 0 unspecified atom stereocenters. The Hall–Kier alpha value is -5.24. The largest absolute Gasteiger partial charge is 0.508 e. The molecule has 0 saturated heterocycles. The second kappa shape index (κ2) is 22.1. The number of nitrogens with one attached hydrogen (secondary N) is 6. The number of rotatable bonds is 21. The van der Waals surface area contributed by atoms with Crippen molar-refractivity contribution in [2.45, 2.75) is 75.9 Å². The highest BCUT2D eigenvalue weighted by Crippen LogP contribution is 2.13. The van der Waals surface area contributed by atoms with E-state index in [9.17, 15) is 48.9 Å². The van der Waals surface area contributed by atoms with E-state index in [0.29, 0.717) is 11.1 Å². The van der Waals surface area contributed by atoms with Crippen molar-refractivity contribution < 1.29 is 54.0 Å². The van der Waals surface area contributed by atoms with Gasteiger partial charge in [-0.3, -0.25) is 28.8 Å². The molecule has 0 aliphatic carbocycles. The number of aliphatic carboxylic acids is 1. The number of aliphatic hydroxyl groups excluding tert-OH is 2. The van der Waals surface area contributed by atoms with E-state index in [1.807, 2.05) is 0 Å². The number of aromatic hydroxyl groups is 1. The normalized spacial score (nSPS) is 14.9. The third kappa shape index (κ3) is 14.3. The fourth-order valence-electron chi connectivity index (χ4n) is 4.88. The van der Waals surface area contributed by atoms with Gasteiger partial charge in [-0.05, 0) is 36.1 Å². The van der Waals surface area contributed by atoms with Crippen LogP contribution in [0.25, 0.3) is 0 Å². The number of phenolic OH excluding ortho intramolecular Hbond substituents is 1. The molecule has 0 fully saturated rings. The van der Waals surface area contributed by atoms with E-state index >= 15 is 0 Å². The number of hydrogen-bond donors (Lipinski definition) is 12. The van der Waals surface area contributed by atoms with Gasteiger partial charge in [0.25, 0.3) is 0 Å². The van der Waals surface area contributed by atoms with Gasteiger partial charge in [0.05, 0.1) is 13.2 Å². The molecule has 0 radical (unpaired) electrons. The van der Waals surface area contributed by atoms with E-state index in [2.05, 4.69) is 44.5 Å². The SMILES string of the molecule is CC(C)[C@H](NC(=O)[C@@H](N)CO)C(=O)N[C@@H](CS)C(=O)N[C@@H](C)C(=O)N[C@@H](CO)C(=O)N[C@@H](Cc1ccc(O)cc1)C(=O)N[C@@H](Cc1ccccc1)C(=O)O. The molecule has 54 heavy (non-hydrogen) atoms. The summed E-state index contributed by atoms with van der Waals surface area (Å²) < 4.78 is 0. The fourth-order valence-corrected chi connectivity index (χ4v) is 5.13. The van der Waals surface area contributed by atoms with Crippen LogP contribution in [0.3, 0.4) is 0 Å². The molecule has 2 aromatic rings. The Morgan fingerprint density at radius 2 is 1.11 bits per heavy atom. The summed E-state index contributed by atoms with van der Waals surface area (Å²) in [6, 6.07) is 4.80. The summed E-state index contributed by atoms with van der Waals surface area (Å²) in [5.41, 5.74) is 6.62. The van der Waals surface area contributed by atoms with Crippen molar-refractivity contribution in [2.24, 2.45) is 11.7 Å². The minimum Gasteiger partial charge on any atom is -0.508 e. The summed E-state index contributed by atoms with van der Waals surface area (Å²) in [6.07, 6.45) is -0.229. The maximum Gasteiger partial charge on any atom is 0.326 e. The lowest BCUT2D eigenvalue weighted by molar-refractivity contribution is -0.142. The number of benzene rings is 2. The number of carbonyl (C=O) groups is 7. The Balaban J connectivity index is 2.13. The van der Waals surface area contributed by atoms with E-state index < -0.39 is 103 Å². The maximum absolute atomic E-state index is 13.5. The van der Waals surface area contributed by atoms with E-state index in [-0.39, 0.29) is 24.3 Å². The minimum absolute atomic E-state index is 0.0578. The molecule has 7 atom stereocenters. The molecule has 0 aliphatic heterocycles. The number of thiol groups is 1. The minimum atomic E-state index is -1.63. The van der Waals surface area contributed by atoms with Gasteiger partial charge in [0.15, 0.2) is 0 Å². The Morgan fingerprint density at radius 1 is 0.611 bits per heavy atom. The molecule has 18 nitrogen and oxygen atoms in total. The van der Waals surface area contributed by atoms with Gasteiger partial charge in [-0.2, -0.15) is 12.6 Å². The lowest BCUT2D eigenvalue weighted by Crippen LogP contribution is -2.61. The molecule has 2 rings (SSSR count).